The van der Waals surface area contributed by atoms with Crippen molar-refractivity contribution >= 4 is 28.6 Å². The number of benzene rings is 1. The summed E-state index contributed by atoms with van der Waals surface area (Å²) in [5.41, 5.74) is 3.55. The Morgan fingerprint density at radius 2 is 1.82 bits per heavy atom. The molecule has 3 aromatic rings. The molecule has 0 radical (unpaired) electrons. The van der Waals surface area contributed by atoms with Crippen molar-refractivity contribution in [3.05, 3.63) is 67.6 Å². The number of nitrogens with one attached hydrogen (secondary N) is 2. The normalized spacial score (nSPS) is 11.6. The van der Waals surface area contributed by atoms with Crippen molar-refractivity contribution in [3.63, 3.8) is 0 Å². The summed E-state index contributed by atoms with van der Waals surface area (Å²) < 4.78 is 0. The summed E-state index contributed by atoms with van der Waals surface area (Å²) in [4.78, 5) is 14.9. The van der Waals surface area contributed by atoms with Crippen LogP contribution in [-0.2, 0) is 25.8 Å². The highest BCUT2D eigenvalue weighted by atomic mass is 32.1. The van der Waals surface area contributed by atoms with Crippen LogP contribution in [0.1, 0.15) is 31.8 Å². The molecule has 0 aliphatic heterocycles. The van der Waals surface area contributed by atoms with E-state index in [1.54, 1.807) is 29.7 Å². The lowest BCUT2D eigenvalue weighted by Crippen LogP contribution is -2.37. The van der Waals surface area contributed by atoms with Crippen molar-refractivity contribution in [1.82, 2.24) is 20.6 Å². The predicted octanol–water partition coefficient (Wildman–Crippen LogP) is 3.91. The van der Waals surface area contributed by atoms with Gasteiger partial charge in [0.1, 0.15) is 0 Å². The minimum Gasteiger partial charge on any atom is -0.356 e. The molecule has 2 N–H and O–H groups in total. The topological polar surface area (TPSA) is 62.2 Å². The van der Waals surface area contributed by atoms with E-state index in [9.17, 15) is 0 Å². The first-order valence-corrected chi connectivity index (χ1v) is 11.2. The lowest BCUT2D eigenvalue weighted by atomic mass is 10.1. The van der Waals surface area contributed by atoms with Gasteiger partial charge in [0, 0.05) is 36.7 Å². The lowest BCUT2D eigenvalue weighted by molar-refractivity contribution is 0.779. The van der Waals surface area contributed by atoms with Crippen LogP contribution in [0.3, 0.4) is 0 Å². The summed E-state index contributed by atoms with van der Waals surface area (Å²) in [7, 11) is 1.79. The number of guanidine groups is 1. The van der Waals surface area contributed by atoms with Crippen LogP contribution in [-0.4, -0.2) is 29.5 Å². The number of hydrogen-bond donors (Lipinski definition) is 2. The fourth-order valence-electron chi connectivity index (χ4n) is 2.77. The first kappa shape index (κ1) is 20.5. The number of aliphatic imine (C=N–C) groups is 1. The van der Waals surface area contributed by atoms with Crippen LogP contribution in [0.2, 0.25) is 0 Å². The van der Waals surface area contributed by atoms with Crippen LogP contribution >= 0.6 is 22.7 Å². The highest BCUT2D eigenvalue weighted by Crippen LogP contribution is 2.16. The Kier molecular flexibility index (Phi) is 7.56. The summed E-state index contributed by atoms with van der Waals surface area (Å²) in [6.45, 7) is 5.67. The molecule has 0 saturated heterocycles. The molecule has 148 valence electrons. The van der Waals surface area contributed by atoms with E-state index in [1.165, 1.54) is 20.5 Å². The first-order chi connectivity index (χ1) is 13.6. The van der Waals surface area contributed by atoms with E-state index < -0.39 is 0 Å². The van der Waals surface area contributed by atoms with E-state index in [4.69, 9.17) is 4.98 Å². The predicted molar refractivity (Wildman–Crippen MR) is 119 cm³/mol. The molecule has 0 aliphatic carbocycles. The molecule has 0 amide bonds. The molecule has 0 fully saturated rings. The van der Waals surface area contributed by atoms with Crippen molar-refractivity contribution in [2.75, 3.05) is 13.6 Å². The van der Waals surface area contributed by atoms with Crippen LogP contribution in [0.4, 0.5) is 0 Å². The van der Waals surface area contributed by atoms with E-state index >= 15 is 0 Å². The molecule has 0 bridgehead atoms. The summed E-state index contributed by atoms with van der Waals surface area (Å²) in [6.07, 6.45) is 2.91. The van der Waals surface area contributed by atoms with Crippen LogP contribution in [0, 0.1) is 13.8 Å². The van der Waals surface area contributed by atoms with Gasteiger partial charge in [-0.3, -0.25) is 4.99 Å². The fraction of sp³-hybridized carbons (Fsp3) is 0.381. The third kappa shape index (κ3) is 6.14. The van der Waals surface area contributed by atoms with Crippen LogP contribution in [0.25, 0.3) is 0 Å². The number of aryl methyl sites for hydroxylation is 4. The third-order valence-corrected chi connectivity index (χ3v) is 6.52. The Labute approximate surface area is 175 Å². The second-order valence-corrected chi connectivity index (χ2v) is 8.80. The average Bonchev–Trinajstić information content (AvgIpc) is 3.29. The van der Waals surface area contributed by atoms with Crippen molar-refractivity contribution in [2.45, 2.75) is 39.7 Å². The van der Waals surface area contributed by atoms with Gasteiger partial charge in [-0.1, -0.05) is 30.3 Å². The van der Waals surface area contributed by atoms with Gasteiger partial charge < -0.3 is 10.6 Å². The molecule has 0 aliphatic rings. The zero-order valence-electron chi connectivity index (χ0n) is 16.7. The minimum absolute atomic E-state index is 0.678. The zero-order valence-corrected chi connectivity index (χ0v) is 18.3. The van der Waals surface area contributed by atoms with E-state index in [1.807, 2.05) is 0 Å². The zero-order chi connectivity index (χ0) is 19.8. The van der Waals surface area contributed by atoms with Crippen LogP contribution in [0.15, 0.2) is 40.7 Å². The van der Waals surface area contributed by atoms with Crippen molar-refractivity contribution in [2.24, 2.45) is 4.99 Å². The molecule has 0 saturated carbocycles. The highest BCUT2D eigenvalue weighted by molar-refractivity contribution is 7.11. The number of rotatable bonds is 8. The second kappa shape index (κ2) is 10.3. The summed E-state index contributed by atoms with van der Waals surface area (Å²) in [5, 5.41) is 11.2. The Balaban J connectivity index is 1.40. The van der Waals surface area contributed by atoms with Crippen molar-refractivity contribution in [1.29, 1.82) is 0 Å². The summed E-state index contributed by atoms with van der Waals surface area (Å²) >= 11 is 3.50. The lowest BCUT2D eigenvalue weighted by Gasteiger charge is -2.10. The SMILES string of the molecule is CN=C(NCCc1nc(C)c(C)s1)NCc1csc(CCc2ccccc2)n1. The highest BCUT2D eigenvalue weighted by Gasteiger charge is 2.06. The first-order valence-electron chi connectivity index (χ1n) is 9.48. The van der Waals surface area contributed by atoms with Gasteiger partial charge in [-0.25, -0.2) is 9.97 Å². The molecular weight excluding hydrogens is 386 g/mol. The Morgan fingerprint density at radius 1 is 1.00 bits per heavy atom. The van der Waals surface area contributed by atoms with Gasteiger partial charge in [-0.2, -0.15) is 0 Å². The van der Waals surface area contributed by atoms with E-state index in [-0.39, 0.29) is 0 Å². The molecule has 28 heavy (non-hydrogen) atoms. The number of nitrogens with zero attached hydrogens (tertiary/aromatic N) is 3. The van der Waals surface area contributed by atoms with Gasteiger partial charge in [0.05, 0.1) is 27.9 Å². The molecular formula is C21H27N5S2. The Hall–Kier alpha value is -2.25. The maximum absolute atomic E-state index is 4.74. The van der Waals surface area contributed by atoms with Gasteiger partial charge in [-0.15, -0.1) is 22.7 Å². The van der Waals surface area contributed by atoms with Gasteiger partial charge in [-0.05, 0) is 25.8 Å². The van der Waals surface area contributed by atoms with E-state index in [0.717, 1.165) is 43.2 Å². The van der Waals surface area contributed by atoms with Gasteiger partial charge in [0.15, 0.2) is 5.96 Å². The largest absolute Gasteiger partial charge is 0.356 e. The molecule has 5 nitrogen and oxygen atoms in total. The third-order valence-electron chi connectivity index (χ3n) is 4.43. The Bertz CT molecular complexity index is 879. The van der Waals surface area contributed by atoms with Gasteiger partial charge >= 0.3 is 0 Å². The number of hydrogen-bond acceptors (Lipinski definition) is 5. The van der Waals surface area contributed by atoms with E-state index in [2.05, 4.69) is 70.2 Å². The second-order valence-electron chi connectivity index (χ2n) is 6.57. The molecule has 2 aromatic heterocycles. The van der Waals surface area contributed by atoms with Gasteiger partial charge in [0.25, 0.3) is 0 Å². The summed E-state index contributed by atoms with van der Waals surface area (Å²) in [5.74, 6) is 0.795. The molecule has 3 rings (SSSR count). The van der Waals surface area contributed by atoms with Crippen molar-refractivity contribution < 1.29 is 0 Å². The smallest absolute Gasteiger partial charge is 0.191 e. The molecule has 0 atom stereocenters. The monoisotopic (exact) mass is 413 g/mol. The van der Waals surface area contributed by atoms with Crippen LogP contribution in [0.5, 0.6) is 0 Å². The summed E-state index contributed by atoms with van der Waals surface area (Å²) in [6, 6.07) is 10.6. The van der Waals surface area contributed by atoms with Crippen molar-refractivity contribution in [3.8, 4) is 0 Å². The molecule has 2 heterocycles. The van der Waals surface area contributed by atoms with E-state index in [0.29, 0.717) is 6.54 Å². The maximum atomic E-state index is 4.74. The minimum atomic E-state index is 0.678. The van der Waals surface area contributed by atoms with Crippen LogP contribution < -0.4 is 10.6 Å². The molecule has 0 spiro atoms. The standard InChI is InChI=1S/C21H27N5S2/c1-15-16(2)28-20(25-15)11-12-23-21(22-3)24-13-18-14-27-19(26-18)10-9-17-7-5-4-6-8-17/h4-8,14H,9-13H2,1-3H3,(H2,22,23,24). The van der Waals surface area contributed by atoms with Gasteiger partial charge in [0.2, 0.25) is 0 Å². The fourth-order valence-corrected chi connectivity index (χ4v) is 4.50. The quantitative estimate of drug-likeness (QED) is 0.434. The average molecular weight is 414 g/mol. The number of aromatic nitrogens is 2. The maximum Gasteiger partial charge on any atom is 0.191 e. The number of thiazole rings is 2. The molecule has 0 unspecified atom stereocenters. The Morgan fingerprint density at radius 3 is 2.54 bits per heavy atom. The molecule has 7 heteroatoms. The molecule has 1 aromatic carbocycles.